The van der Waals surface area contributed by atoms with Gasteiger partial charge in [-0.3, -0.25) is 0 Å². The van der Waals surface area contributed by atoms with Crippen molar-refractivity contribution in [1.29, 1.82) is 0 Å². The Balaban J connectivity index is 1.85. The van der Waals surface area contributed by atoms with Gasteiger partial charge in [-0.05, 0) is 24.3 Å². The number of fused-ring (bicyclic) bond motifs is 1. The Morgan fingerprint density at radius 2 is 1.67 bits per heavy atom. The van der Waals surface area contributed by atoms with Crippen LogP contribution in [0.4, 0.5) is 0 Å². The molecule has 0 bridgehead atoms. The Morgan fingerprint density at radius 3 is 2.38 bits per heavy atom. The minimum Gasteiger partial charge on any atom is -0.331 e. The third-order valence-corrected chi connectivity index (χ3v) is 5.31. The van der Waals surface area contributed by atoms with Crippen LogP contribution in [0.3, 0.4) is 0 Å². The molecule has 1 aromatic heterocycles. The van der Waals surface area contributed by atoms with Crippen LogP contribution in [-0.4, -0.2) is 23.7 Å². The number of imidazole rings is 1. The first-order valence-corrected chi connectivity index (χ1v) is 8.41. The summed E-state index contributed by atoms with van der Waals surface area (Å²) in [5.74, 6) is 0.851. The SMILES string of the molecule is Cn1c(CCS(=O)(=O)c2ccccc2)nc2ccccc21. The Labute approximate surface area is 124 Å². The molecule has 0 radical (unpaired) electrons. The third kappa shape index (κ3) is 2.69. The average molecular weight is 300 g/mol. The number of aryl methyl sites for hydroxylation is 2. The third-order valence-electron chi connectivity index (χ3n) is 3.58. The number of sulfone groups is 1. The molecule has 3 aromatic rings. The van der Waals surface area contributed by atoms with Crippen molar-refractivity contribution in [2.75, 3.05) is 5.75 Å². The highest BCUT2D eigenvalue weighted by Crippen LogP contribution is 2.16. The molecule has 0 fully saturated rings. The van der Waals surface area contributed by atoms with Crippen LogP contribution in [0.2, 0.25) is 0 Å². The van der Waals surface area contributed by atoms with Crippen molar-refractivity contribution < 1.29 is 8.42 Å². The number of rotatable bonds is 4. The molecule has 4 nitrogen and oxygen atoms in total. The Kier molecular flexibility index (Phi) is 3.51. The lowest BCUT2D eigenvalue weighted by molar-refractivity contribution is 0.594. The van der Waals surface area contributed by atoms with Gasteiger partial charge in [0.15, 0.2) is 9.84 Å². The second kappa shape index (κ2) is 5.33. The largest absolute Gasteiger partial charge is 0.331 e. The molecule has 21 heavy (non-hydrogen) atoms. The van der Waals surface area contributed by atoms with Crippen molar-refractivity contribution in [3.8, 4) is 0 Å². The summed E-state index contributed by atoms with van der Waals surface area (Å²) >= 11 is 0. The van der Waals surface area contributed by atoms with Crippen LogP contribution in [-0.2, 0) is 23.3 Å². The summed E-state index contributed by atoms with van der Waals surface area (Å²) in [6, 6.07) is 16.3. The highest BCUT2D eigenvalue weighted by Gasteiger charge is 2.16. The molecule has 0 atom stereocenters. The molecule has 0 aliphatic rings. The van der Waals surface area contributed by atoms with Gasteiger partial charge in [0.1, 0.15) is 5.82 Å². The highest BCUT2D eigenvalue weighted by molar-refractivity contribution is 7.91. The molecule has 0 aliphatic heterocycles. The molecule has 0 N–H and O–H groups in total. The zero-order valence-electron chi connectivity index (χ0n) is 11.7. The second-order valence-corrected chi connectivity index (χ2v) is 7.07. The van der Waals surface area contributed by atoms with E-state index in [2.05, 4.69) is 4.98 Å². The standard InChI is InChI=1S/C16H16N2O2S/c1-18-15-10-6-5-9-14(15)17-16(18)11-12-21(19,20)13-7-3-2-4-8-13/h2-10H,11-12H2,1H3. The summed E-state index contributed by atoms with van der Waals surface area (Å²) in [6.45, 7) is 0. The number of benzene rings is 2. The number of nitrogens with zero attached hydrogens (tertiary/aromatic N) is 2. The molecular weight excluding hydrogens is 284 g/mol. The smallest absolute Gasteiger partial charge is 0.178 e. The molecule has 0 unspecified atom stereocenters. The molecule has 108 valence electrons. The predicted molar refractivity (Wildman–Crippen MR) is 82.9 cm³/mol. The Morgan fingerprint density at radius 1 is 1.00 bits per heavy atom. The van der Waals surface area contributed by atoms with Gasteiger partial charge in [-0.25, -0.2) is 13.4 Å². The van der Waals surface area contributed by atoms with Crippen LogP contribution in [0.5, 0.6) is 0 Å². The minimum absolute atomic E-state index is 0.0637. The van der Waals surface area contributed by atoms with Gasteiger partial charge in [-0.1, -0.05) is 30.3 Å². The van der Waals surface area contributed by atoms with E-state index in [1.165, 1.54) is 0 Å². The van der Waals surface area contributed by atoms with Crippen LogP contribution in [0.1, 0.15) is 5.82 Å². The van der Waals surface area contributed by atoms with Crippen molar-refractivity contribution in [1.82, 2.24) is 9.55 Å². The monoisotopic (exact) mass is 300 g/mol. The van der Waals surface area contributed by atoms with Gasteiger partial charge < -0.3 is 4.57 Å². The topological polar surface area (TPSA) is 52.0 Å². The molecule has 0 aliphatic carbocycles. The molecule has 0 saturated heterocycles. The molecule has 1 heterocycles. The highest BCUT2D eigenvalue weighted by atomic mass is 32.2. The predicted octanol–water partition coefficient (Wildman–Crippen LogP) is 2.59. The van der Waals surface area contributed by atoms with Gasteiger partial charge in [0, 0.05) is 13.5 Å². The zero-order chi connectivity index (χ0) is 14.9. The maximum atomic E-state index is 12.3. The van der Waals surface area contributed by atoms with Gasteiger partial charge in [0.2, 0.25) is 0 Å². The van der Waals surface area contributed by atoms with Gasteiger partial charge in [-0.2, -0.15) is 0 Å². The molecule has 0 saturated carbocycles. The fourth-order valence-corrected chi connectivity index (χ4v) is 3.65. The summed E-state index contributed by atoms with van der Waals surface area (Å²) in [4.78, 5) is 4.87. The fraction of sp³-hybridized carbons (Fsp3) is 0.188. The number of para-hydroxylation sites is 2. The average Bonchev–Trinajstić information content (AvgIpc) is 2.83. The van der Waals surface area contributed by atoms with E-state index in [0.717, 1.165) is 16.9 Å². The Hall–Kier alpha value is -2.14. The second-order valence-electron chi connectivity index (χ2n) is 4.96. The molecular formula is C16H16N2O2S. The lowest BCUT2D eigenvalue weighted by Crippen LogP contribution is -2.11. The number of hydrogen-bond donors (Lipinski definition) is 0. The first-order valence-electron chi connectivity index (χ1n) is 6.76. The van der Waals surface area contributed by atoms with E-state index in [1.807, 2.05) is 41.9 Å². The van der Waals surface area contributed by atoms with E-state index in [1.54, 1.807) is 24.3 Å². The molecule has 5 heteroatoms. The van der Waals surface area contributed by atoms with E-state index in [4.69, 9.17) is 0 Å². The van der Waals surface area contributed by atoms with Crippen molar-refractivity contribution in [3.05, 3.63) is 60.4 Å². The number of hydrogen-bond acceptors (Lipinski definition) is 3. The van der Waals surface area contributed by atoms with Crippen molar-refractivity contribution in [2.45, 2.75) is 11.3 Å². The van der Waals surface area contributed by atoms with E-state index >= 15 is 0 Å². The normalized spacial score (nSPS) is 11.9. The van der Waals surface area contributed by atoms with Crippen LogP contribution in [0.15, 0.2) is 59.5 Å². The van der Waals surface area contributed by atoms with Crippen LogP contribution < -0.4 is 0 Å². The van der Waals surface area contributed by atoms with Crippen molar-refractivity contribution in [3.63, 3.8) is 0 Å². The maximum Gasteiger partial charge on any atom is 0.178 e. The van der Waals surface area contributed by atoms with Gasteiger partial charge >= 0.3 is 0 Å². The quantitative estimate of drug-likeness (QED) is 0.744. The van der Waals surface area contributed by atoms with Gasteiger partial charge in [-0.15, -0.1) is 0 Å². The summed E-state index contributed by atoms with van der Waals surface area (Å²) in [7, 11) is -1.35. The summed E-state index contributed by atoms with van der Waals surface area (Å²) in [5.41, 5.74) is 1.91. The van der Waals surface area contributed by atoms with E-state index in [9.17, 15) is 8.42 Å². The van der Waals surface area contributed by atoms with Crippen molar-refractivity contribution >= 4 is 20.9 Å². The maximum absolute atomic E-state index is 12.3. The first kappa shape index (κ1) is 13.8. The van der Waals surface area contributed by atoms with E-state index in [0.29, 0.717) is 11.3 Å². The Bertz CT molecular complexity index is 868. The molecule has 0 amide bonds. The van der Waals surface area contributed by atoms with E-state index in [-0.39, 0.29) is 5.75 Å². The lowest BCUT2D eigenvalue weighted by Gasteiger charge is -2.05. The number of aromatic nitrogens is 2. The first-order chi connectivity index (χ1) is 10.1. The molecule has 3 rings (SSSR count). The van der Waals surface area contributed by atoms with Gasteiger partial charge in [0.25, 0.3) is 0 Å². The fourth-order valence-electron chi connectivity index (χ4n) is 2.39. The zero-order valence-corrected chi connectivity index (χ0v) is 12.5. The van der Waals surface area contributed by atoms with Crippen LogP contribution in [0, 0.1) is 0 Å². The summed E-state index contributed by atoms with van der Waals surface area (Å²) < 4.78 is 26.5. The van der Waals surface area contributed by atoms with Crippen LogP contribution >= 0.6 is 0 Å². The van der Waals surface area contributed by atoms with Gasteiger partial charge in [0.05, 0.1) is 21.7 Å². The lowest BCUT2D eigenvalue weighted by atomic mass is 10.3. The minimum atomic E-state index is -3.27. The van der Waals surface area contributed by atoms with Crippen molar-refractivity contribution in [2.24, 2.45) is 7.05 Å². The van der Waals surface area contributed by atoms with Crippen LogP contribution in [0.25, 0.3) is 11.0 Å². The summed E-state index contributed by atoms with van der Waals surface area (Å²) in [6.07, 6.45) is 0.405. The summed E-state index contributed by atoms with van der Waals surface area (Å²) in [5, 5.41) is 0. The molecule has 0 spiro atoms. The molecule has 2 aromatic carbocycles. The van der Waals surface area contributed by atoms with E-state index < -0.39 is 9.84 Å².